The van der Waals surface area contributed by atoms with Crippen LogP contribution in [-0.2, 0) is 0 Å². The number of rotatable bonds is 3. The summed E-state index contributed by atoms with van der Waals surface area (Å²) >= 11 is 0. The molecule has 0 bridgehead atoms. The molecule has 1 aliphatic rings. The molecule has 1 N–H and O–H groups in total. The molecule has 5 heteroatoms. The van der Waals surface area contributed by atoms with Crippen molar-refractivity contribution in [3.63, 3.8) is 0 Å². The summed E-state index contributed by atoms with van der Waals surface area (Å²) in [5, 5.41) is 0. The van der Waals surface area contributed by atoms with E-state index < -0.39 is 0 Å². The minimum atomic E-state index is 0.123. The summed E-state index contributed by atoms with van der Waals surface area (Å²) in [5.41, 5.74) is 2.62. The highest BCUT2D eigenvalue weighted by atomic mass is 16.2. The lowest BCUT2D eigenvalue weighted by molar-refractivity contribution is 0.0643. The van der Waals surface area contributed by atoms with Crippen molar-refractivity contribution in [1.82, 2.24) is 19.8 Å². The molecule has 1 aromatic heterocycles. The van der Waals surface area contributed by atoms with Gasteiger partial charge in [0, 0.05) is 37.7 Å². The van der Waals surface area contributed by atoms with Crippen LogP contribution in [0.2, 0.25) is 0 Å². The predicted molar refractivity (Wildman–Crippen MR) is 88.2 cm³/mol. The molecule has 1 aliphatic heterocycles. The zero-order valence-corrected chi connectivity index (χ0v) is 13.6. The van der Waals surface area contributed by atoms with Gasteiger partial charge in [0.25, 0.3) is 5.91 Å². The first kappa shape index (κ1) is 15.0. The number of nitrogens with one attached hydrogen (secondary N) is 1. The van der Waals surface area contributed by atoms with Gasteiger partial charge < -0.3 is 14.8 Å². The minimum absolute atomic E-state index is 0.123. The summed E-state index contributed by atoms with van der Waals surface area (Å²) in [6.07, 6.45) is 0. The van der Waals surface area contributed by atoms with Crippen molar-refractivity contribution in [3.05, 3.63) is 29.6 Å². The van der Waals surface area contributed by atoms with Gasteiger partial charge >= 0.3 is 0 Å². The van der Waals surface area contributed by atoms with E-state index in [1.54, 1.807) is 0 Å². The van der Waals surface area contributed by atoms with E-state index in [0.29, 0.717) is 5.92 Å². The molecular weight excluding hydrogens is 276 g/mol. The Balaban J connectivity index is 1.79. The maximum Gasteiger partial charge on any atom is 0.254 e. The standard InChI is InChI=1S/C17H24N4O/c1-4-20-7-9-21(10-8-20)17(22)13-5-6-14-15(11-13)19-16(18-14)12(2)3/h5-6,11-12H,4,7-10H2,1-3H3,(H,18,19). The average Bonchev–Trinajstić information content (AvgIpc) is 2.97. The Hall–Kier alpha value is -1.88. The SMILES string of the molecule is CCN1CCN(C(=O)c2ccc3nc(C(C)C)[nH]c3c2)CC1. The first-order valence-corrected chi connectivity index (χ1v) is 8.09. The van der Waals surface area contributed by atoms with Crippen LogP contribution >= 0.6 is 0 Å². The van der Waals surface area contributed by atoms with Crippen LogP contribution in [0.15, 0.2) is 18.2 Å². The van der Waals surface area contributed by atoms with Gasteiger partial charge in [-0.2, -0.15) is 0 Å². The summed E-state index contributed by atoms with van der Waals surface area (Å²) in [4.78, 5) is 24.9. The fourth-order valence-electron chi connectivity index (χ4n) is 2.89. The Morgan fingerprint density at radius 3 is 2.64 bits per heavy atom. The number of imidazole rings is 1. The highest BCUT2D eigenvalue weighted by Crippen LogP contribution is 2.19. The summed E-state index contributed by atoms with van der Waals surface area (Å²) < 4.78 is 0. The van der Waals surface area contributed by atoms with Crippen molar-refractivity contribution < 1.29 is 4.79 Å². The smallest absolute Gasteiger partial charge is 0.254 e. The number of piperazine rings is 1. The van der Waals surface area contributed by atoms with Crippen LogP contribution in [0.3, 0.4) is 0 Å². The molecule has 1 fully saturated rings. The Bertz CT molecular complexity index is 668. The molecule has 5 nitrogen and oxygen atoms in total. The van der Waals surface area contributed by atoms with Crippen molar-refractivity contribution in [3.8, 4) is 0 Å². The molecule has 1 amide bonds. The zero-order valence-electron chi connectivity index (χ0n) is 13.6. The van der Waals surface area contributed by atoms with Crippen LogP contribution in [0.5, 0.6) is 0 Å². The molecule has 2 aromatic rings. The number of H-pyrrole nitrogens is 1. The van der Waals surface area contributed by atoms with Crippen LogP contribution < -0.4 is 0 Å². The van der Waals surface area contributed by atoms with Crippen LogP contribution in [0, 0.1) is 0 Å². The number of aromatic amines is 1. The summed E-state index contributed by atoms with van der Waals surface area (Å²) in [5.74, 6) is 1.45. The van der Waals surface area contributed by atoms with Gasteiger partial charge in [0.15, 0.2) is 0 Å². The Kier molecular flexibility index (Phi) is 4.16. The fourth-order valence-corrected chi connectivity index (χ4v) is 2.89. The maximum atomic E-state index is 12.7. The molecule has 3 rings (SSSR count). The highest BCUT2D eigenvalue weighted by molar-refractivity contribution is 5.97. The Labute approximate surface area is 131 Å². The quantitative estimate of drug-likeness (QED) is 0.947. The van der Waals surface area contributed by atoms with Crippen molar-refractivity contribution in [2.45, 2.75) is 26.7 Å². The van der Waals surface area contributed by atoms with Crippen LogP contribution in [0.25, 0.3) is 11.0 Å². The van der Waals surface area contributed by atoms with E-state index in [1.807, 2.05) is 23.1 Å². The largest absolute Gasteiger partial charge is 0.342 e. The molecule has 0 spiro atoms. The number of likely N-dealkylation sites (N-methyl/N-ethyl adjacent to an activating group) is 1. The molecule has 0 saturated carbocycles. The third-order valence-electron chi connectivity index (χ3n) is 4.40. The molecule has 22 heavy (non-hydrogen) atoms. The Morgan fingerprint density at radius 1 is 1.27 bits per heavy atom. The van der Waals surface area contributed by atoms with Crippen molar-refractivity contribution in [2.24, 2.45) is 0 Å². The summed E-state index contributed by atoms with van der Waals surface area (Å²) in [7, 11) is 0. The molecular formula is C17H24N4O. The molecule has 1 aromatic carbocycles. The highest BCUT2D eigenvalue weighted by Gasteiger charge is 2.21. The molecule has 0 atom stereocenters. The van der Waals surface area contributed by atoms with E-state index >= 15 is 0 Å². The first-order valence-electron chi connectivity index (χ1n) is 8.09. The number of hydrogen-bond acceptors (Lipinski definition) is 3. The van der Waals surface area contributed by atoms with Gasteiger partial charge in [-0.15, -0.1) is 0 Å². The van der Waals surface area contributed by atoms with Gasteiger partial charge in [0.1, 0.15) is 5.82 Å². The van der Waals surface area contributed by atoms with E-state index in [4.69, 9.17) is 0 Å². The van der Waals surface area contributed by atoms with Gasteiger partial charge in [-0.1, -0.05) is 20.8 Å². The molecule has 0 radical (unpaired) electrons. The number of benzene rings is 1. The van der Waals surface area contributed by atoms with E-state index in [9.17, 15) is 4.79 Å². The van der Waals surface area contributed by atoms with Gasteiger partial charge in [-0.05, 0) is 24.7 Å². The van der Waals surface area contributed by atoms with Crippen molar-refractivity contribution in [2.75, 3.05) is 32.7 Å². The normalized spacial score (nSPS) is 16.6. The monoisotopic (exact) mass is 300 g/mol. The number of carbonyl (C=O) groups excluding carboxylic acids is 1. The molecule has 2 heterocycles. The number of aromatic nitrogens is 2. The fraction of sp³-hybridized carbons (Fsp3) is 0.529. The zero-order chi connectivity index (χ0) is 15.7. The number of amides is 1. The molecule has 1 saturated heterocycles. The van der Waals surface area contributed by atoms with Gasteiger partial charge in [-0.3, -0.25) is 4.79 Å². The number of fused-ring (bicyclic) bond motifs is 1. The van der Waals surface area contributed by atoms with Crippen LogP contribution in [0.4, 0.5) is 0 Å². The Morgan fingerprint density at radius 2 is 2.00 bits per heavy atom. The third kappa shape index (κ3) is 2.86. The lowest BCUT2D eigenvalue weighted by Gasteiger charge is -2.34. The van der Waals surface area contributed by atoms with Gasteiger partial charge in [0.05, 0.1) is 11.0 Å². The van der Waals surface area contributed by atoms with Crippen LogP contribution in [-0.4, -0.2) is 58.4 Å². The topological polar surface area (TPSA) is 52.2 Å². The second-order valence-corrected chi connectivity index (χ2v) is 6.24. The van der Waals surface area contributed by atoms with E-state index in [0.717, 1.165) is 55.1 Å². The second-order valence-electron chi connectivity index (χ2n) is 6.24. The van der Waals surface area contributed by atoms with Crippen LogP contribution in [0.1, 0.15) is 42.9 Å². The lowest BCUT2D eigenvalue weighted by atomic mass is 10.1. The van der Waals surface area contributed by atoms with Crippen molar-refractivity contribution >= 4 is 16.9 Å². The van der Waals surface area contributed by atoms with Crippen molar-refractivity contribution in [1.29, 1.82) is 0 Å². The first-order chi connectivity index (χ1) is 10.6. The maximum absolute atomic E-state index is 12.7. The number of nitrogens with zero attached hydrogens (tertiary/aromatic N) is 3. The minimum Gasteiger partial charge on any atom is -0.342 e. The van der Waals surface area contributed by atoms with E-state index in [-0.39, 0.29) is 5.91 Å². The van der Waals surface area contributed by atoms with Gasteiger partial charge in [-0.25, -0.2) is 4.98 Å². The summed E-state index contributed by atoms with van der Waals surface area (Å²) in [6.45, 7) is 11.0. The lowest BCUT2D eigenvalue weighted by Crippen LogP contribution is -2.48. The van der Waals surface area contributed by atoms with E-state index in [1.165, 1.54) is 0 Å². The van der Waals surface area contributed by atoms with Gasteiger partial charge in [0.2, 0.25) is 0 Å². The molecule has 0 aliphatic carbocycles. The van der Waals surface area contributed by atoms with E-state index in [2.05, 4.69) is 35.6 Å². The third-order valence-corrected chi connectivity index (χ3v) is 4.40. The predicted octanol–water partition coefficient (Wildman–Crippen LogP) is 2.46. The number of hydrogen-bond donors (Lipinski definition) is 1. The molecule has 118 valence electrons. The number of carbonyl (C=O) groups is 1. The summed E-state index contributed by atoms with van der Waals surface area (Å²) in [6, 6.07) is 5.76. The molecule has 0 unspecified atom stereocenters. The average molecular weight is 300 g/mol. The second kappa shape index (κ2) is 6.08.